The van der Waals surface area contributed by atoms with Gasteiger partial charge in [-0.15, -0.1) is 33.1 Å². The molecule has 1 N–H and O–H groups in total. The lowest BCUT2D eigenvalue weighted by Gasteiger charge is -2.10. The van der Waals surface area contributed by atoms with E-state index in [0.717, 1.165) is 47.7 Å². The molecule has 0 saturated heterocycles. The summed E-state index contributed by atoms with van der Waals surface area (Å²) in [5.41, 5.74) is 4.75. The lowest BCUT2D eigenvalue weighted by atomic mass is 10.1. The Balaban J connectivity index is 1.76. The summed E-state index contributed by atoms with van der Waals surface area (Å²) in [5, 5.41) is 17.0. The molecule has 0 unspecified atom stereocenters. The highest BCUT2D eigenvalue weighted by atomic mass is 35.5. The van der Waals surface area contributed by atoms with Gasteiger partial charge in [0.05, 0.1) is 28.1 Å². The molecule has 144 valence electrons. The van der Waals surface area contributed by atoms with Crippen molar-refractivity contribution >= 4 is 60.4 Å². The number of benzene rings is 3. The maximum absolute atomic E-state index is 5.82. The summed E-state index contributed by atoms with van der Waals surface area (Å²) < 4.78 is 6.41. The Hall–Kier alpha value is -2.81. The highest BCUT2D eigenvalue weighted by molar-refractivity contribution is 7.21. The number of hydrogen-bond donors (Lipinski definition) is 1. The average molecular weight is 440 g/mol. The first kappa shape index (κ1) is 18.2. The zero-order valence-corrected chi connectivity index (χ0v) is 17.6. The number of ether oxygens (including phenoxy) is 1. The topological polar surface area (TPSA) is 72.3 Å². The van der Waals surface area contributed by atoms with E-state index in [4.69, 9.17) is 21.3 Å². The minimum atomic E-state index is 0.329. The maximum Gasteiger partial charge on any atom is 0.226 e. The molecule has 3 aromatic rings. The molecule has 0 bridgehead atoms. The highest BCUT2D eigenvalue weighted by Gasteiger charge is 2.14. The first-order valence-corrected chi connectivity index (χ1v) is 10.9. The molecule has 0 amide bonds. The Morgan fingerprint density at radius 2 is 2.00 bits per heavy atom. The van der Waals surface area contributed by atoms with Crippen LogP contribution in [0.5, 0.6) is 5.75 Å². The van der Waals surface area contributed by atoms with Crippen molar-refractivity contribution in [2.75, 3.05) is 12.5 Å². The summed E-state index contributed by atoms with van der Waals surface area (Å²) in [6.07, 6.45) is 0. The van der Waals surface area contributed by atoms with Crippen LogP contribution in [0.3, 0.4) is 0 Å². The minimum Gasteiger partial charge on any atom is -0.497 e. The second-order valence-corrected chi connectivity index (χ2v) is 8.61. The van der Waals surface area contributed by atoms with Gasteiger partial charge in [-0.3, -0.25) is 5.43 Å². The van der Waals surface area contributed by atoms with E-state index >= 15 is 0 Å². The molecule has 1 aromatic heterocycles. The quantitative estimate of drug-likeness (QED) is 0.240. The van der Waals surface area contributed by atoms with E-state index < -0.39 is 0 Å². The summed E-state index contributed by atoms with van der Waals surface area (Å²) in [7, 11) is 1.67. The first-order chi connectivity index (χ1) is 14.2. The van der Waals surface area contributed by atoms with Gasteiger partial charge in [0.2, 0.25) is 5.13 Å². The molecule has 0 spiro atoms. The van der Waals surface area contributed by atoms with E-state index in [1.165, 1.54) is 11.3 Å². The van der Waals surface area contributed by atoms with Crippen LogP contribution >= 0.6 is 34.3 Å². The Kier molecular flexibility index (Phi) is 4.75. The van der Waals surface area contributed by atoms with Gasteiger partial charge in [-0.1, -0.05) is 35.6 Å². The number of methoxy groups -OCH3 is 1. The van der Waals surface area contributed by atoms with Gasteiger partial charge in [0.25, 0.3) is 0 Å². The van der Waals surface area contributed by atoms with E-state index in [-0.39, 0.29) is 0 Å². The Labute approximate surface area is 178 Å². The van der Waals surface area contributed by atoms with Crippen molar-refractivity contribution in [1.29, 1.82) is 0 Å². The standard InChI is InChI=1S/C20H14ClN5OS2/c1-27-12-6-7-14-15(9-12)28-16-8-11-4-2-3-5-13(11)18(19(16)22-14)24-26-20-25-23-17(10-21)29-20/h2-9H,10H2,1H3,(H,25,26)/b24-18+. The molecule has 0 radical (unpaired) electrons. The monoisotopic (exact) mass is 439 g/mol. The van der Waals surface area contributed by atoms with Gasteiger partial charge in [0.15, 0.2) is 0 Å². The zero-order chi connectivity index (χ0) is 19.8. The van der Waals surface area contributed by atoms with Crippen molar-refractivity contribution in [3.63, 3.8) is 0 Å². The summed E-state index contributed by atoms with van der Waals surface area (Å²) in [6, 6.07) is 16.2. The molecular weight excluding hydrogens is 426 g/mol. The maximum atomic E-state index is 5.82. The summed E-state index contributed by atoms with van der Waals surface area (Å²) in [5.74, 6) is 1.14. The second kappa shape index (κ2) is 7.55. The van der Waals surface area contributed by atoms with Crippen LogP contribution in [-0.2, 0) is 5.88 Å². The number of halogens is 1. The molecule has 29 heavy (non-hydrogen) atoms. The Morgan fingerprint density at radius 3 is 2.83 bits per heavy atom. The van der Waals surface area contributed by atoms with Crippen molar-refractivity contribution in [2.45, 2.75) is 5.88 Å². The lowest BCUT2D eigenvalue weighted by Crippen LogP contribution is -2.13. The van der Waals surface area contributed by atoms with Crippen molar-refractivity contribution in [1.82, 2.24) is 15.2 Å². The smallest absolute Gasteiger partial charge is 0.226 e. The number of anilines is 1. The molecule has 0 atom stereocenters. The molecule has 2 heterocycles. The third kappa shape index (κ3) is 3.39. The second-order valence-electron chi connectivity index (χ2n) is 6.20. The molecule has 0 saturated carbocycles. The van der Waals surface area contributed by atoms with E-state index in [0.29, 0.717) is 11.0 Å². The van der Waals surface area contributed by atoms with Crippen LogP contribution in [0.4, 0.5) is 5.13 Å². The van der Waals surface area contributed by atoms with E-state index in [2.05, 4.69) is 32.9 Å². The van der Waals surface area contributed by atoms with Gasteiger partial charge in [0, 0.05) is 5.39 Å². The number of fused-ring (bicyclic) bond motifs is 3. The highest BCUT2D eigenvalue weighted by Crippen LogP contribution is 2.33. The molecular formula is C20H14ClN5OS2. The number of nitrogens with one attached hydrogen (secondary N) is 1. The molecule has 2 aromatic carbocycles. The normalized spacial score (nSPS) is 12.1. The Bertz CT molecular complexity index is 1380. The number of hydrogen-bond acceptors (Lipinski definition) is 8. The molecule has 0 fully saturated rings. The fourth-order valence-corrected chi connectivity index (χ4v) is 4.89. The van der Waals surface area contributed by atoms with Crippen LogP contribution in [-0.4, -0.2) is 22.3 Å². The average Bonchev–Trinajstić information content (AvgIpc) is 3.23. The van der Waals surface area contributed by atoms with E-state index in [1.807, 2.05) is 36.4 Å². The SMILES string of the molecule is COc1ccc2nc3/c(=N/Nc4nnc(CCl)s4)c4ccccc4cc-3sc2c1. The van der Waals surface area contributed by atoms with Gasteiger partial charge in [-0.05, 0) is 29.7 Å². The molecule has 6 nitrogen and oxygen atoms in total. The summed E-state index contributed by atoms with van der Waals surface area (Å²) in [6.45, 7) is 0. The van der Waals surface area contributed by atoms with Crippen LogP contribution in [0.25, 0.3) is 31.6 Å². The van der Waals surface area contributed by atoms with Crippen molar-refractivity contribution < 1.29 is 4.74 Å². The lowest BCUT2D eigenvalue weighted by molar-refractivity contribution is 0.415. The van der Waals surface area contributed by atoms with Crippen LogP contribution in [0, 0.1) is 0 Å². The van der Waals surface area contributed by atoms with Gasteiger partial charge in [0.1, 0.15) is 21.8 Å². The van der Waals surface area contributed by atoms with Gasteiger partial charge in [-0.25, -0.2) is 4.98 Å². The summed E-state index contributed by atoms with van der Waals surface area (Å²) >= 11 is 8.87. The van der Waals surface area contributed by atoms with Crippen molar-refractivity contribution in [3.8, 4) is 16.3 Å². The number of aromatic nitrogens is 3. The van der Waals surface area contributed by atoms with E-state index in [9.17, 15) is 0 Å². The molecule has 9 heteroatoms. The number of nitrogens with zero attached hydrogens (tertiary/aromatic N) is 4. The van der Waals surface area contributed by atoms with Gasteiger partial charge >= 0.3 is 0 Å². The van der Waals surface area contributed by atoms with Crippen LogP contribution in [0.15, 0.2) is 53.6 Å². The predicted molar refractivity (Wildman–Crippen MR) is 119 cm³/mol. The summed E-state index contributed by atoms with van der Waals surface area (Å²) in [4.78, 5) is 5.95. The van der Waals surface area contributed by atoms with Crippen LogP contribution < -0.4 is 15.5 Å². The first-order valence-electron chi connectivity index (χ1n) is 8.73. The van der Waals surface area contributed by atoms with Gasteiger partial charge in [-0.2, -0.15) is 5.10 Å². The number of rotatable bonds is 4. The third-order valence-corrected chi connectivity index (χ3v) is 6.74. The van der Waals surface area contributed by atoms with Crippen LogP contribution in [0.2, 0.25) is 0 Å². The van der Waals surface area contributed by atoms with E-state index in [1.54, 1.807) is 18.4 Å². The third-order valence-electron chi connectivity index (χ3n) is 4.42. The van der Waals surface area contributed by atoms with Crippen LogP contribution in [0.1, 0.15) is 5.01 Å². The minimum absolute atomic E-state index is 0.329. The zero-order valence-electron chi connectivity index (χ0n) is 15.2. The molecule has 2 aliphatic rings. The number of alkyl halides is 1. The molecule has 5 rings (SSSR count). The Morgan fingerprint density at radius 1 is 1.10 bits per heavy atom. The molecule has 1 aliphatic carbocycles. The molecule has 1 aliphatic heterocycles. The fraction of sp³-hybridized carbons (Fsp3) is 0.100. The van der Waals surface area contributed by atoms with Gasteiger partial charge < -0.3 is 4.74 Å². The van der Waals surface area contributed by atoms with Crippen molar-refractivity contribution in [2.24, 2.45) is 5.10 Å². The fourth-order valence-electron chi connectivity index (χ4n) is 3.08. The predicted octanol–water partition coefficient (Wildman–Crippen LogP) is 5.08. The van der Waals surface area contributed by atoms with Crippen molar-refractivity contribution in [3.05, 3.63) is 58.9 Å². The largest absolute Gasteiger partial charge is 0.497 e.